The molecule has 0 aliphatic carbocycles. The van der Waals surface area contributed by atoms with Crippen LogP contribution in [0.2, 0.25) is 0 Å². The maximum atomic E-state index is 11.8. The zero-order valence-corrected chi connectivity index (χ0v) is 11.0. The third-order valence-corrected chi connectivity index (χ3v) is 3.24. The van der Waals surface area contributed by atoms with E-state index in [0.29, 0.717) is 19.8 Å². The molecule has 1 aromatic carbocycles. The summed E-state index contributed by atoms with van der Waals surface area (Å²) in [4.78, 5) is 13.3. The van der Waals surface area contributed by atoms with Crippen molar-refractivity contribution in [3.8, 4) is 0 Å². The first-order chi connectivity index (χ1) is 9.15. The average Bonchev–Trinajstić information content (AvgIpc) is 2.41. The second kappa shape index (κ2) is 6.04. The molecule has 1 N–H and O–H groups in total. The lowest BCUT2D eigenvalue weighted by Gasteiger charge is -2.41. The van der Waals surface area contributed by atoms with Crippen molar-refractivity contribution < 1.29 is 19.4 Å². The first-order valence-electron chi connectivity index (χ1n) is 6.26. The number of carbonyl (C=O) groups excluding carboxylic acids is 1. The highest BCUT2D eigenvalue weighted by atomic mass is 16.6. The minimum atomic E-state index is -0.386. The van der Waals surface area contributed by atoms with Crippen molar-refractivity contribution >= 4 is 6.09 Å². The zero-order chi connectivity index (χ0) is 13.7. The topological polar surface area (TPSA) is 59.0 Å². The van der Waals surface area contributed by atoms with E-state index in [9.17, 15) is 9.90 Å². The number of ether oxygens (including phenoxy) is 2. The van der Waals surface area contributed by atoms with E-state index in [4.69, 9.17) is 9.47 Å². The van der Waals surface area contributed by atoms with Crippen LogP contribution in [0.4, 0.5) is 4.79 Å². The van der Waals surface area contributed by atoms with Crippen LogP contribution in [0.3, 0.4) is 0 Å². The molecule has 1 amide bonds. The third-order valence-electron chi connectivity index (χ3n) is 3.24. The number of amides is 1. The number of hydrogen-bond acceptors (Lipinski definition) is 4. The van der Waals surface area contributed by atoms with Gasteiger partial charge in [0.05, 0.1) is 25.2 Å². The van der Waals surface area contributed by atoms with Crippen LogP contribution < -0.4 is 0 Å². The lowest BCUT2D eigenvalue weighted by molar-refractivity contribution is -0.144. The Morgan fingerprint density at radius 2 is 2.11 bits per heavy atom. The van der Waals surface area contributed by atoms with Crippen molar-refractivity contribution in [2.45, 2.75) is 6.61 Å². The standard InChI is InChI=1S/C14H19NO4/c1-15(8-14(9-16)10-18-11-14)13(17)19-7-12-5-3-2-4-6-12/h2-6,16H,7-11H2,1H3. The highest BCUT2D eigenvalue weighted by Gasteiger charge is 2.40. The van der Waals surface area contributed by atoms with E-state index >= 15 is 0 Å². The summed E-state index contributed by atoms with van der Waals surface area (Å²) in [5.41, 5.74) is 0.633. The summed E-state index contributed by atoms with van der Waals surface area (Å²) in [5.74, 6) is 0. The Bertz CT molecular complexity index is 411. The van der Waals surface area contributed by atoms with Gasteiger partial charge in [-0.2, -0.15) is 0 Å². The summed E-state index contributed by atoms with van der Waals surface area (Å²) < 4.78 is 10.3. The van der Waals surface area contributed by atoms with E-state index < -0.39 is 0 Å². The smallest absolute Gasteiger partial charge is 0.409 e. The molecule has 1 heterocycles. The Morgan fingerprint density at radius 1 is 1.42 bits per heavy atom. The lowest BCUT2D eigenvalue weighted by atomic mass is 9.86. The van der Waals surface area contributed by atoms with Gasteiger partial charge >= 0.3 is 6.09 Å². The van der Waals surface area contributed by atoms with Crippen LogP contribution in [-0.4, -0.2) is 49.5 Å². The van der Waals surface area contributed by atoms with Crippen LogP contribution in [0.25, 0.3) is 0 Å². The van der Waals surface area contributed by atoms with Gasteiger partial charge < -0.3 is 19.5 Å². The van der Waals surface area contributed by atoms with E-state index in [1.54, 1.807) is 7.05 Å². The fourth-order valence-corrected chi connectivity index (χ4v) is 2.02. The minimum Gasteiger partial charge on any atom is -0.445 e. The van der Waals surface area contributed by atoms with Crippen LogP contribution in [-0.2, 0) is 16.1 Å². The molecule has 5 heteroatoms. The molecule has 1 aliphatic heterocycles. The van der Waals surface area contributed by atoms with E-state index in [1.807, 2.05) is 30.3 Å². The number of aliphatic hydroxyl groups excluding tert-OH is 1. The molecular formula is C14H19NO4. The van der Waals surface area contributed by atoms with Crippen LogP contribution in [0.5, 0.6) is 0 Å². The number of nitrogens with zero attached hydrogens (tertiary/aromatic N) is 1. The molecule has 2 rings (SSSR count). The predicted octanol–water partition coefficient (Wildman–Crippen LogP) is 1.26. The molecule has 0 unspecified atom stereocenters. The number of carbonyl (C=O) groups is 1. The molecule has 5 nitrogen and oxygen atoms in total. The van der Waals surface area contributed by atoms with Crippen molar-refractivity contribution in [2.24, 2.45) is 5.41 Å². The molecule has 0 aromatic heterocycles. The van der Waals surface area contributed by atoms with Crippen molar-refractivity contribution in [2.75, 3.05) is 33.4 Å². The van der Waals surface area contributed by atoms with Crippen molar-refractivity contribution in [3.63, 3.8) is 0 Å². The van der Waals surface area contributed by atoms with Crippen molar-refractivity contribution in [1.82, 2.24) is 4.90 Å². The van der Waals surface area contributed by atoms with Crippen LogP contribution >= 0.6 is 0 Å². The Labute approximate surface area is 112 Å². The van der Waals surface area contributed by atoms with Gasteiger partial charge in [0.2, 0.25) is 0 Å². The van der Waals surface area contributed by atoms with Gasteiger partial charge in [-0.15, -0.1) is 0 Å². The monoisotopic (exact) mass is 265 g/mol. The Hall–Kier alpha value is -1.59. The molecule has 1 saturated heterocycles. The number of aliphatic hydroxyl groups is 1. The second-order valence-corrected chi connectivity index (χ2v) is 5.05. The molecule has 0 radical (unpaired) electrons. The molecular weight excluding hydrogens is 246 g/mol. The molecule has 0 saturated carbocycles. The largest absolute Gasteiger partial charge is 0.445 e. The summed E-state index contributed by atoms with van der Waals surface area (Å²) >= 11 is 0. The van der Waals surface area contributed by atoms with Gasteiger partial charge in [0.1, 0.15) is 6.61 Å². The van der Waals surface area contributed by atoms with Gasteiger partial charge in [-0.05, 0) is 5.56 Å². The third kappa shape index (κ3) is 3.45. The van der Waals surface area contributed by atoms with Gasteiger partial charge in [0, 0.05) is 13.6 Å². The normalized spacial score (nSPS) is 16.5. The van der Waals surface area contributed by atoms with Gasteiger partial charge in [-0.3, -0.25) is 0 Å². The van der Waals surface area contributed by atoms with Gasteiger partial charge in [-0.25, -0.2) is 4.79 Å². The Balaban J connectivity index is 1.79. The molecule has 0 spiro atoms. The summed E-state index contributed by atoms with van der Waals surface area (Å²) in [6.45, 7) is 1.69. The Kier molecular flexibility index (Phi) is 4.39. The lowest BCUT2D eigenvalue weighted by Crippen LogP contribution is -2.53. The quantitative estimate of drug-likeness (QED) is 0.871. The molecule has 1 aromatic rings. The summed E-state index contributed by atoms with van der Waals surface area (Å²) in [7, 11) is 1.67. The molecule has 0 atom stereocenters. The van der Waals surface area contributed by atoms with E-state index in [2.05, 4.69) is 0 Å². The van der Waals surface area contributed by atoms with E-state index in [0.717, 1.165) is 5.56 Å². The summed E-state index contributed by atoms with van der Waals surface area (Å²) in [6.07, 6.45) is -0.386. The fourth-order valence-electron chi connectivity index (χ4n) is 2.02. The minimum absolute atomic E-state index is 0.0172. The molecule has 1 fully saturated rings. The Morgan fingerprint density at radius 3 is 2.63 bits per heavy atom. The number of hydrogen-bond donors (Lipinski definition) is 1. The van der Waals surface area contributed by atoms with Crippen molar-refractivity contribution in [3.05, 3.63) is 35.9 Å². The SMILES string of the molecule is CN(CC1(CO)COC1)C(=O)OCc1ccccc1. The number of benzene rings is 1. The van der Waals surface area contributed by atoms with Crippen LogP contribution in [0.15, 0.2) is 30.3 Å². The fraction of sp³-hybridized carbons (Fsp3) is 0.500. The predicted molar refractivity (Wildman–Crippen MR) is 69.6 cm³/mol. The van der Waals surface area contributed by atoms with Crippen molar-refractivity contribution in [1.29, 1.82) is 0 Å². The van der Waals surface area contributed by atoms with Gasteiger partial charge in [-0.1, -0.05) is 30.3 Å². The highest BCUT2D eigenvalue weighted by molar-refractivity contribution is 5.67. The first-order valence-corrected chi connectivity index (χ1v) is 6.26. The molecule has 0 bridgehead atoms. The van der Waals surface area contributed by atoms with Gasteiger partial charge in [0.25, 0.3) is 0 Å². The molecule has 104 valence electrons. The summed E-state index contributed by atoms with van der Waals surface area (Å²) in [6, 6.07) is 9.53. The highest BCUT2D eigenvalue weighted by Crippen LogP contribution is 2.27. The summed E-state index contributed by atoms with van der Waals surface area (Å²) in [5, 5.41) is 9.32. The van der Waals surface area contributed by atoms with E-state index in [-0.39, 0.29) is 24.7 Å². The zero-order valence-electron chi connectivity index (χ0n) is 11.0. The first kappa shape index (κ1) is 13.8. The second-order valence-electron chi connectivity index (χ2n) is 5.05. The molecule has 19 heavy (non-hydrogen) atoms. The maximum absolute atomic E-state index is 11.8. The van der Waals surface area contributed by atoms with Crippen LogP contribution in [0, 0.1) is 5.41 Å². The molecule has 1 aliphatic rings. The average molecular weight is 265 g/mol. The number of rotatable bonds is 5. The maximum Gasteiger partial charge on any atom is 0.409 e. The van der Waals surface area contributed by atoms with Crippen LogP contribution in [0.1, 0.15) is 5.56 Å². The van der Waals surface area contributed by atoms with Gasteiger partial charge in [0.15, 0.2) is 0 Å². The van der Waals surface area contributed by atoms with E-state index in [1.165, 1.54) is 4.90 Å².